The van der Waals surface area contributed by atoms with E-state index in [9.17, 15) is 9.90 Å². The third-order valence-corrected chi connectivity index (χ3v) is 4.83. The molecular formula is C19H21N5O2. The number of aliphatic hydroxyl groups is 1. The number of carbonyl (C=O) groups is 1. The van der Waals surface area contributed by atoms with Crippen LogP contribution in [0.1, 0.15) is 21.7 Å². The molecule has 7 heteroatoms. The summed E-state index contributed by atoms with van der Waals surface area (Å²) in [5, 5.41) is 17.6. The average molecular weight is 351 g/mol. The summed E-state index contributed by atoms with van der Waals surface area (Å²) in [6, 6.07) is 9.38. The van der Waals surface area contributed by atoms with Crippen molar-refractivity contribution in [2.24, 2.45) is 5.92 Å². The van der Waals surface area contributed by atoms with E-state index in [-0.39, 0.29) is 11.8 Å². The second kappa shape index (κ2) is 6.76. The molecule has 0 bridgehead atoms. The molecule has 3 N–H and O–H groups in total. The van der Waals surface area contributed by atoms with Crippen molar-refractivity contribution >= 4 is 5.91 Å². The quantitative estimate of drug-likeness (QED) is 0.667. The van der Waals surface area contributed by atoms with Crippen molar-refractivity contribution in [3.63, 3.8) is 0 Å². The van der Waals surface area contributed by atoms with Gasteiger partial charge in [-0.2, -0.15) is 5.10 Å². The second-order valence-corrected chi connectivity index (χ2v) is 6.77. The fraction of sp³-hybridized carbons (Fsp3) is 0.316. The normalized spacial score (nSPS) is 19.8. The summed E-state index contributed by atoms with van der Waals surface area (Å²) in [7, 11) is 0. The molecule has 26 heavy (non-hydrogen) atoms. The number of hydrogen-bond donors (Lipinski definition) is 3. The predicted octanol–water partition coefficient (Wildman–Crippen LogP) is 1.78. The van der Waals surface area contributed by atoms with Crippen LogP contribution in [0.3, 0.4) is 0 Å². The molecule has 4 rings (SSSR count). The number of nitrogens with one attached hydrogen (secondary N) is 2. The molecule has 2 atom stereocenters. The van der Waals surface area contributed by atoms with Gasteiger partial charge in [0.15, 0.2) is 0 Å². The smallest absolute Gasteiger partial charge is 0.254 e. The van der Waals surface area contributed by atoms with Crippen LogP contribution in [0, 0.1) is 12.8 Å². The molecule has 0 aliphatic carbocycles. The topological polar surface area (TPSA) is 97.9 Å². The van der Waals surface area contributed by atoms with E-state index in [0.29, 0.717) is 30.9 Å². The molecule has 1 fully saturated rings. The average Bonchev–Trinajstić information content (AvgIpc) is 3.37. The number of aliphatic hydroxyl groups excluding tert-OH is 1. The molecule has 0 saturated carbocycles. The van der Waals surface area contributed by atoms with E-state index in [0.717, 1.165) is 17.0 Å². The van der Waals surface area contributed by atoms with Gasteiger partial charge in [-0.1, -0.05) is 18.2 Å². The number of hydrogen-bond acceptors (Lipinski definition) is 4. The van der Waals surface area contributed by atoms with Gasteiger partial charge < -0.3 is 15.0 Å². The Kier molecular flexibility index (Phi) is 4.30. The molecule has 0 unspecified atom stereocenters. The Labute approximate surface area is 151 Å². The number of β-amino-alcohol motifs (C(OH)–C–C–N with tert-alkyl or cyclic N) is 1. The van der Waals surface area contributed by atoms with Crippen molar-refractivity contribution < 1.29 is 9.90 Å². The molecular weight excluding hydrogens is 330 g/mol. The van der Waals surface area contributed by atoms with E-state index < -0.39 is 6.10 Å². The third-order valence-electron chi connectivity index (χ3n) is 4.83. The Morgan fingerprint density at radius 1 is 1.35 bits per heavy atom. The Bertz CT molecular complexity index is 902. The predicted molar refractivity (Wildman–Crippen MR) is 96.5 cm³/mol. The minimum absolute atomic E-state index is 0.0163. The number of amides is 1. The molecule has 7 nitrogen and oxygen atoms in total. The van der Waals surface area contributed by atoms with E-state index in [1.807, 2.05) is 31.2 Å². The van der Waals surface area contributed by atoms with Crippen molar-refractivity contribution in [3.8, 4) is 11.4 Å². The molecule has 134 valence electrons. The summed E-state index contributed by atoms with van der Waals surface area (Å²) in [6.07, 6.45) is 3.50. The van der Waals surface area contributed by atoms with Gasteiger partial charge in [0.1, 0.15) is 5.82 Å². The maximum absolute atomic E-state index is 13.1. The highest BCUT2D eigenvalue weighted by molar-refractivity contribution is 6.00. The third kappa shape index (κ3) is 3.13. The van der Waals surface area contributed by atoms with Crippen LogP contribution in [0.2, 0.25) is 0 Å². The highest BCUT2D eigenvalue weighted by Gasteiger charge is 2.35. The zero-order valence-corrected chi connectivity index (χ0v) is 14.5. The van der Waals surface area contributed by atoms with E-state index in [1.54, 1.807) is 23.4 Å². The van der Waals surface area contributed by atoms with Gasteiger partial charge in [-0.25, -0.2) is 4.98 Å². The number of imidazole rings is 1. The molecule has 1 aliphatic heterocycles. The number of aryl methyl sites for hydroxylation is 1. The number of likely N-dealkylation sites (tertiary alicyclic amines) is 1. The fourth-order valence-corrected chi connectivity index (χ4v) is 3.53. The lowest BCUT2D eigenvalue weighted by Crippen LogP contribution is -2.30. The van der Waals surface area contributed by atoms with Crippen LogP contribution in [-0.4, -0.2) is 55.3 Å². The van der Waals surface area contributed by atoms with Crippen LogP contribution >= 0.6 is 0 Å². The summed E-state index contributed by atoms with van der Waals surface area (Å²) in [4.78, 5) is 22.1. The van der Waals surface area contributed by atoms with Gasteiger partial charge in [0.05, 0.1) is 17.4 Å². The van der Waals surface area contributed by atoms with Crippen molar-refractivity contribution in [3.05, 3.63) is 59.7 Å². The van der Waals surface area contributed by atoms with Crippen LogP contribution in [0.5, 0.6) is 0 Å². The highest BCUT2D eigenvalue weighted by atomic mass is 16.3. The van der Waals surface area contributed by atoms with Crippen molar-refractivity contribution in [2.75, 3.05) is 13.1 Å². The molecule has 3 aromatic rings. The summed E-state index contributed by atoms with van der Waals surface area (Å²) >= 11 is 0. The van der Waals surface area contributed by atoms with E-state index in [2.05, 4.69) is 20.2 Å². The van der Waals surface area contributed by atoms with Crippen molar-refractivity contribution in [2.45, 2.75) is 19.4 Å². The Hall–Kier alpha value is -2.93. The molecule has 1 amide bonds. The highest BCUT2D eigenvalue weighted by Crippen LogP contribution is 2.26. The molecule has 1 aromatic carbocycles. The standard InChI is InChI=1S/C19H21N5O2/c1-12-8-14(23-22-12)9-13-10-24(11-17(13)25)19(26)16-5-3-2-4-15(16)18-20-6-7-21-18/h2-8,13,17,25H,9-11H2,1H3,(H,20,21)(H,22,23)/t13-,17+/m1/s1. The molecule has 1 saturated heterocycles. The number of H-pyrrole nitrogens is 2. The number of rotatable bonds is 4. The molecule has 0 spiro atoms. The van der Waals surface area contributed by atoms with Crippen LogP contribution in [0.4, 0.5) is 0 Å². The number of aromatic nitrogens is 4. The van der Waals surface area contributed by atoms with Gasteiger partial charge >= 0.3 is 0 Å². The Balaban J connectivity index is 1.53. The summed E-state index contributed by atoms with van der Waals surface area (Å²) in [6.45, 7) is 2.79. The summed E-state index contributed by atoms with van der Waals surface area (Å²) < 4.78 is 0. The largest absolute Gasteiger partial charge is 0.391 e. The minimum Gasteiger partial charge on any atom is -0.391 e. The minimum atomic E-state index is -0.549. The number of nitrogens with zero attached hydrogens (tertiary/aromatic N) is 3. The van der Waals surface area contributed by atoms with Gasteiger partial charge in [-0.3, -0.25) is 9.89 Å². The lowest BCUT2D eigenvalue weighted by molar-refractivity contribution is 0.0765. The lowest BCUT2D eigenvalue weighted by Gasteiger charge is -2.17. The molecule has 3 heterocycles. The van der Waals surface area contributed by atoms with Gasteiger partial charge in [-0.15, -0.1) is 0 Å². The maximum Gasteiger partial charge on any atom is 0.254 e. The summed E-state index contributed by atoms with van der Waals surface area (Å²) in [5.41, 5.74) is 3.26. The van der Waals surface area contributed by atoms with Crippen LogP contribution < -0.4 is 0 Å². The van der Waals surface area contributed by atoms with E-state index in [1.165, 1.54) is 0 Å². The lowest BCUT2D eigenvalue weighted by atomic mass is 10.00. The van der Waals surface area contributed by atoms with Crippen molar-refractivity contribution in [1.29, 1.82) is 0 Å². The molecule has 0 radical (unpaired) electrons. The van der Waals surface area contributed by atoms with E-state index in [4.69, 9.17) is 0 Å². The second-order valence-electron chi connectivity index (χ2n) is 6.77. The van der Waals surface area contributed by atoms with Crippen LogP contribution in [0.25, 0.3) is 11.4 Å². The fourth-order valence-electron chi connectivity index (χ4n) is 3.53. The summed E-state index contributed by atoms with van der Waals surface area (Å²) in [5.74, 6) is 0.562. The van der Waals surface area contributed by atoms with Crippen LogP contribution in [0.15, 0.2) is 42.7 Å². The monoisotopic (exact) mass is 351 g/mol. The Morgan fingerprint density at radius 2 is 2.19 bits per heavy atom. The first-order valence-corrected chi connectivity index (χ1v) is 8.69. The first kappa shape index (κ1) is 16.5. The number of carbonyl (C=O) groups excluding carboxylic acids is 1. The van der Waals surface area contributed by atoms with Gasteiger partial charge in [0.25, 0.3) is 5.91 Å². The maximum atomic E-state index is 13.1. The first-order chi connectivity index (χ1) is 12.6. The van der Waals surface area contributed by atoms with Gasteiger partial charge in [0, 0.05) is 42.7 Å². The zero-order valence-electron chi connectivity index (χ0n) is 14.5. The molecule has 2 aromatic heterocycles. The zero-order chi connectivity index (χ0) is 18.1. The number of aromatic amines is 2. The van der Waals surface area contributed by atoms with Gasteiger partial charge in [-0.05, 0) is 25.5 Å². The van der Waals surface area contributed by atoms with E-state index >= 15 is 0 Å². The first-order valence-electron chi connectivity index (χ1n) is 8.69. The van der Waals surface area contributed by atoms with Crippen molar-refractivity contribution in [1.82, 2.24) is 25.1 Å². The molecule has 1 aliphatic rings. The number of benzene rings is 1. The van der Waals surface area contributed by atoms with Crippen LogP contribution in [-0.2, 0) is 6.42 Å². The SMILES string of the molecule is Cc1cc(C[C@@H]2CN(C(=O)c3ccccc3-c3ncc[nH]3)C[C@@H]2O)n[nH]1. The Morgan fingerprint density at radius 3 is 2.92 bits per heavy atom. The van der Waals surface area contributed by atoms with Gasteiger partial charge in [0.2, 0.25) is 0 Å².